The van der Waals surface area contributed by atoms with Crippen molar-refractivity contribution in [3.8, 4) is 11.1 Å². The van der Waals surface area contributed by atoms with Gasteiger partial charge in [0.15, 0.2) is 0 Å². The standard InChI is InChI=1S/C23H22ClF2N3O2/c1-23(2,3)31-22(30)29-20(10-14-8-17(25)11-18(26)9-14)21-19(12-27-13-28-21)15-4-6-16(24)7-5-15/h4-9,11-13,20H,10H2,1-3H3,(H,29,30)/t20-/m0/s1. The van der Waals surface area contributed by atoms with Gasteiger partial charge in [0, 0.05) is 22.8 Å². The Morgan fingerprint density at radius 2 is 1.77 bits per heavy atom. The van der Waals surface area contributed by atoms with Crippen LogP contribution in [0.25, 0.3) is 11.1 Å². The SMILES string of the molecule is CC(C)(C)OC(=O)N[C@@H](Cc1cc(F)cc(F)c1)c1ncncc1-c1ccc(Cl)cc1. The summed E-state index contributed by atoms with van der Waals surface area (Å²) < 4.78 is 32.9. The number of nitrogens with zero attached hydrogens (tertiary/aromatic N) is 2. The van der Waals surface area contributed by atoms with Crippen LogP contribution in [0.4, 0.5) is 13.6 Å². The van der Waals surface area contributed by atoms with Crippen molar-refractivity contribution in [2.24, 2.45) is 0 Å². The Hall–Kier alpha value is -3.06. The van der Waals surface area contributed by atoms with Crippen LogP contribution >= 0.6 is 11.6 Å². The molecule has 1 amide bonds. The van der Waals surface area contributed by atoms with Crippen molar-refractivity contribution in [1.82, 2.24) is 15.3 Å². The molecule has 0 saturated heterocycles. The van der Waals surface area contributed by atoms with Crippen LogP contribution in [-0.4, -0.2) is 21.7 Å². The van der Waals surface area contributed by atoms with Crippen molar-refractivity contribution >= 4 is 17.7 Å². The predicted octanol–water partition coefficient (Wildman–Crippen LogP) is 5.88. The molecule has 3 aromatic rings. The van der Waals surface area contributed by atoms with E-state index in [1.54, 1.807) is 51.2 Å². The molecule has 0 radical (unpaired) electrons. The van der Waals surface area contributed by atoms with E-state index in [0.717, 1.165) is 11.6 Å². The van der Waals surface area contributed by atoms with Gasteiger partial charge in [-0.05, 0) is 62.6 Å². The Morgan fingerprint density at radius 3 is 2.39 bits per heavy atom. The Morgan fingerprint density at radius 1 is 1.13 bits per heavy atom. The third-order valence-electron chi connectivity index (χ3n) is 4.28. The lowest BCUT2D eigenvalue weighted by atomic mass is 9.96. The summed E-state index contributed by atoms with van der Waals surface area (Å²) in [6.07, 6.45) is 2.38. The molecule has 5 nitrogen and oxygen atoms in total. The Labute approximate surface area is 184 Å². The molecule has 0 spiro atoms. The quantitative estimate of drug-likeness (QED) is 0.532. The van der Waals surface area contributed by atoms with Crippen LogP contribution in [-0.2, 0) is 11.2 Å². The number of hydrogen-bond acceptors (Lipinski definition) is 4. The molecule has 1 atom stereocenters. The maximum absolute atomic E-state index is 13.8. The second-order valence-corrected chi connectivity index (χ2v) is 8.45. The second kappa shape index (κ2) is 9.39. The molecule has 1 heterocycles. The Balaban J connectivity index is 2.01. The van der Waals surface area contributed by atoms with Gasteiger partial charge in [-0.2, -0.15) is 0 Å². The number of amides is 1. The molecule has 0 saturated carbocycles. The number of carbonyl (C=O) groups is 1. The fraction of sp³-hybridized carbons (Fsp3) is 0.261. The van der Waals surface area contributed by atoms with E-state index >= 15 is 0 Å². The molecule has 162 valence electrons. The number of benzene rings is 2. The normalized spacial score (nSPS) is 12.3. The van der Waals surface area contributed by atoms with Crippen molar-refractivity contribution in [3.63, 3.8) is 0 Å². The van der Waals surface area contributed by atoms with E-state index < -0.39 is 29.4 Å². The molecule has 0 unspecified atom stereocenters. The molecule has 0 fully saturated rings. The minimum atomic E-state index is -0.732. The Kier molecular flexibility index (Phi) is 6.85. The van der Waals surface area contributed by atoms with E-state index in [1.165, 1.54) is 18.5 Å². The summed E-state index contributed by atoms with van der Waals surface area (Å²) in [5, 5.41) is 3.35. The molecule has 0 aliphatic rings. The molecule has 8 heteroatoms. The summed E-state index contributed by atoms with van der Waals surface area (Å²) in [5.74, 6) is -1.40. The summed E-state index contributed by atoms with van der Waals surface area (Å²) in [7, 11) is 0. The fourth-order valence-corrected chi connectivity index (χ4v) is 3.22. The third kappa shape index (κ3) is 6.46. The molecule has 0 aliphatic carbocycles. The number of nitrogens with one attached hydrogen (secondary N) is 1. The zero-order chi connectivity index (χ0) is 22.6. The monoisotopic (exact) mass is 445 g/mol. The average Bonchev–Trinajstić information content (AvgIpc) is 2.66. The van der Waals surface area contributed by atoms with Crippen molar-refractivity contribution in [3.05, 3.63) is 82.9 Å². The van der Waals surface area contributed by atoms with E-state index in [2.05, 4.69) is 15.3 Å². The molecular weight excluding hydrogens is 424 g/mol. The molecule has 0 bridgehead atoms. The predicted molar refractivity (Wildman–Crippen MR) is 115 cm³/mol. The van der Waals surface area contributed by atoms with Gasteiger partial charge >= 0.3 is 6.09 Å². The van der Waals surface area contributed by atoms with Gasteiger partial charge < -0.3 is 10.1 Å². The number of ether oxygens (including phenoxy) is 1. The highest BCUT2D eigenvalue weighted by Gasteiger charge is 2.24. The molecule has 2 aromatic carbocycles. The highest BCUT2D eigenvalue weighted by Crippen LogP contribution is 2.29. The molecule has 0 aliphatic heterocycles. The Bertz CT molecular complexity index is 1050. The number of carbonyl (C=O) groups excluding carboxylic acids is 1. The number of rotatable bonds is 5. The third-order valence-corrected chi connectivity index (χ3v) is 4.53. The number of alkyl carbamates (subject to hydrolysis) is 1. The van der Waals surface area contributed by atoms with Crippen molar-refractivity contribution in [2.45, 2.75) is 38.8 Å². The number of hydrogen-bond donors (Lipinski definition) is 1. The second-order valence-electron chi connectivity index (χ2n) is 8.01. The largest absolute Gasteiger partial charge is 0.444 e. The van der Waals surface area contributed by atoms with Crippen molar-refractivity contribution < 1.29 is 18.3 Å². The summed E-state index contributed by atoms with van der Waals surface area (Å²) in [6.45, 7) is 5.23. The smallest absolute Gasteiger partial charge is 0.408 e. The van der Waals surface area contributed by atoms with Gasteiger partial charge in [-0.1, -0.05) is 23.7 Å². The van der Waals surface area contributed by atoms with E-state index in [9.17, 15) is 13.6 Å². The summed E-state index contributed by atoms with van der Waals surface area (Å²) >= 11 is 5.99. The lowest BCUT2D eigenvalue weighted by Gasteiger charge is -2.24. The van der Waals surface area contributed by atoms with Crippen LogP contribution in [0.1, 0.15) is 38.1 Å². The highest BCUT2D eigenvalue weighted by molar-refractivity contribution is 6.30. The van der Waals surface area contributed by atoms with E-state index in [0.29, 0.717) is 21.8 Å². The van der Waals surface area contributed by atoms with Gasteiger partial charge in [0.2, 0.25) is 0 Å². The van der Waals surface area contributed by atoms with Crippen LogP contribution < -0.4 is 5.32 Å². The number of aromatic nitrogens is 2. The van der Waals surface area contributed by atoms with Gasteiger partial charge in [-0.25, -0.2) is 23.5 Å². The molecule has 1 N–H and O–H groups in total. The first kappa shape index (κ1) is 22.6. The molecule has 31 heavy (non-hydrogen) atoms. The minimum Gasteiger partial charge on any atom is -0.444 e. The zero-order valence-electron chi connectivity index (χ0n) is 17.3. The maximum atomic E-state index is 13.8. The summed E-state index contributed by atoms with van der Waals surface area (Å²) in [6, 6.07) is 9.56. The first-order valence-corrected chi connectivity index (χ1v) is 9.99. The van der Waals surface area contributed by atoms with Gasteiger partial charge in [0.25, 0.3) is 0 Å². The maximum Gasteiger partial charge on any atom is 0.408 e. The number of halogens is 3. The van der Waals surface area contributed by atoms with Crippen molar-refractivity contribution in [1.29, 1.82) is 0 Å². The van der Waals surface area contributed by atoms with Gasteiger partial charge in [-0.15, -0.1) is 0 Å². The summed E-state index contributed by atoms with van der Waals surface area (Å²) in [5.41, 5.74) is 1.55. The van der Waals surface area contributed by atoms with Crippen molar-refractivity contribution in [2.75, 3.05) is 0 Å². The van der Waals surface area contributed by atoms with Crippen LogP contribution in [0, 0.1) is 11.6 Å². The van der Waals surface area contributed by atoms with Crippen LogP contribution in [0.3, 0.4) is 0 Å². The minimum absolute atomic E-state index is 0.0888. The topological polar surface area (TPSA) is 64.1 Å². The van der Waals surface area contributed by atoms with Crippen LogP contribution in [0.2, 0.25) is 5.02 Å². The average molecular weight is 446 g/mol. The summed E-state index contributed by atoms with van der Waals surface area (Å²) in [4.78, 5) is 21.0. The molecule has 1 aromatic heterocycles. The highest BCUT2D eigenvalue weighted by atomic mass is 35.5. The molecule has 3 rings (SSSR count). The van der Waals surface area contributed by atoms with E-state index in [-0.39, 0.29) is 6.42 Å². The van der Waals surface area contributed by atoms with E-state index in [4.69, 9.17) is 16.3 Å². The lowest BCUT2D eigenvalue weighted by Crippen LogP contribution is -2.36. The van der Waals surface area contributed by atoms with Gasteiger partial charge in [-0.3, -0.25) is 0 Å². The lowest BCUT2D eigenvalue weighted by molar-refractivity contribution is 0.0502. The fourth-order valence-electron chi connectivity index (χ4n) is 3.10. The van der Waals surface area contributed by atoms with Gasteiger partial charge in [0.1, 0.15) is 23.6 Å². The van der Waals surface area contributed by atoms with Gasteiger partial charge in [0.05, 0.1) is 11.7 Å². The van der Waals surface area contributed by atoms with E-state index in [1.807, 2.05) is 0 Å². The van der Waals surface area contributed by atoms with Crippen LogP contribution in [0.15, 0.2) is 55.0 Å². The molecular formula is C23H22ClF2N3O2. The van der Waals surface area contributed by atoms with Crippen LogP contribution in [0.5, 0.6) is 0 Å². The first-order chi connectivity index (χ1) is 14.6. The zero-order valence-corrected chi connectivity index (χ0v) is 18.1. The first-order valence-electron chi connectivity index (χ1n) is 9.61.